The van der Waals surface area contributed by atoms with Crippen molar-refractivity contribution in [2.24, 2.45) is 0 Å². The highest BCUT2D eigenvalue weighted by molar-refractivity contribution is 7.89. The molecule has 2 rings (SSSR count). The van der Waals surface area contributed by atoms with E-state index in [9.17, 15) is 13.2 Å². The predicted molar refractivity (Wildman–Crippen MR) is 78.8 cm³/mol. The molecule has 0 aliphatic carbocycles. The lowest BCUT2D eigenvalue weighted by atomic mass is 10.1. The van der Waals surface area contributed by atoms with Crippen molar-refractivity contribution in [1.29, 1.82) is 0 Å². The normalized spacial score (nSPS) is 17.2. The Hall–Kier alpha value is -1.44. The van der Waals surface area contributed by atoms with Crippen molar-refractivity contribution in [3.8, 4) is 0 Å². The smallest absolute Gasteiger partial charge is 0.338 e. The minimum Gasteiger partial charge on any atom is -0.465 e. The molecule has 1 N–H and O–H groups in total. The Balaban J connectivity index is 2.32. The molecule has 1 aliphatic heterocycles. The first kappa shape index (κ1) is 15.9. The van der Waals surface area contributed by atoms with E-state index < -0.39 is 16.0 Å². The van der Waals surface area contributed by atoms with Gasteiger partial charge in [-0.1, -0.05) is 0 Å². The molecule has 1 heterocycles. The van der Waals surface area contributed by atoms with E-state index in [4.69, 9.17) is 0 Å². The van der Waals surface area contributed by atoms with Crippen molar-refractivity contribution in [2.45, 2.75) is 18.2 Å². The first-order chi connectivity index (χ1) is 9.96. The Morgan fingerprint density at radius 2 is 2.05 bits per heavy atom. The summed E-state index contributed by atoms with van der Waals surface area (Å²) in [6, 6.07) is 4.50. The van der Waals surface area contributed by atoms with Crippen molar-refractivity contribution in [1.82, 2.24) is 9.62 Å². The van der Waals surface area contributed by atoms with E-state index in [1.807, 2.05) is 0 Å². The molecule has 1 saturated heterocycles. The summed E-state index contributed by atoms with van der Waals surface area (Å²) in [6.07, 6.45) is 0.790. The van der Waals surface area contributed by atoms with Gasteiger partial charge >= 0.3 is 5.97 Å². The van der Waals surface area contributed by atoms with Gasteiger partial charge in [-0.15, -0.1) is 0 Å². The maximum atomic E-state index is 12.6. The topological polar surface area (TPSA) is 75.7 Å². The molecule has 6 nitrogen and oxygen atoms in total. The van der Waals surface area contributed by atoms with E-state index in [2.05, 4.69) is 10.1 Å². The summed E-state index contributed by atoms with van der Waals surface area (Å²) in [6.45, 7) is 4.15. The Bertz CT molecular complexity index is 620. The van der Waals surface area contributed by atoms with E-state index in [1.54, 1.807) is 6.92 Å². The van der Waals surface area contributed by atoms with Crippen LogP contribution in [0.4, 0.5) is 0 Å². The first-order valence-electron chi connectivity index (χ1n) is 6.86. The maximum Gasteiger partial charge on any atom is 0.338 e. The molecule has 1 aromatic rings. The second-order valence-electron chi connectivity index (χ2n) is 4.98. The third-order valence-corrected chi connectivity index (χ3v) is 5.43. The highest BCUT2D eigenvalue weighted by Crippen LogP contribution is 2.20. The standard InChI is InChI=1S/C14H20N2O4S/c1-11-10-12(4-5-13(11)14(17)20-2)21(18,19)16-8-3-6-15-7-9-16/h4-5,10,15H,3,6-9H2,1-2H3. The Morgan fingerprint density at radius 1 is 1.29 bits per heavy atom. The van der Waals surface area contributed by atoms with Crippen LogP contribution in [0.5, 0.6) is 0 Å². The number of hydrogen-bond acceptors (Lipinski definition) is 5. The number of nitrogens with one attached hydrogen (secondary N) is 1. The van der Waals surface area contributed by atoms with Gasteiger partial charge in [-0.3, -0.25) is 0 Å². The number of carbonyl (C=O) groups excluding carboxylic acids is 1. The lowest BCUT2D eigenvalue weighted by molar-refractivity contribution is 0.0600. The molecular formula is C14H20N2O4S. The average molecular weight is 312 g/mol. The van der Waals surface area contributed by atoms with E-state index in [0.29, 0.717) is 30.8 Å². The average Bonchev–Trinajstić information content (AvgIpc) is 2.76. The number of rotatable bonds is 3. The molecule has 0 unspecified atom stereocenters. The summed E-state index contributed by atoms with van der Waals surface area (Å²) in [5, 5.41) is 3.18. The van der Waals surface area contributed by atoms with Crippen molar-refractivity contribution >= 4 is 16.0 Å². The van der Waals surface area contributed by atoms with Crippen LogP contribution in [0.3, 0.4) is 0 Å². The van der Waals surface area contributed by atoms with Gasteiger partial charge in [0.2, 0.25) is 10.0 Å². The highest BCUT2D eigenvalue weighted by atomic mass is 32.2. The molecule has 0 saturated carbocycles. The van der Waals surface area contributed by atoms with E-state index >= 15 is 0 Å². The zero-order chi connectivity index (χ0) is 15.5. The van der Waals surface area contributed by atoms with Crippen LogP contribution in [0.15, 0.2) is 23.1 Å². The number of carbonyl (C=O) groups is 1. The molecule has 7 heteroatoms. The molecule has 0 aromatic heterocycles. The van der Waals surface area contributed by atoms with Crippen LogP contribution >= 0.6 is 0 Å². The number of sulfonamides is 1. The lowest BCUT2D eigenvalue weighted by Crippen LogP contribution is -2.34. The fraction of sp³-hybridized carbons (Fsp3) is 0.500. The van der Waals surface area contributed by atoms with Gasteiger partial charge in [0.25, 0.3) is 0 Å². The number of benzene rings is 1. The van der Waals surface area contributed by atoms with Crippen molar-refractivity contribution < 1.29 is 17.9 Å². The highest BCUT2D eigenvalue weighted by Gasteiger charge is 2.25. The zero-order valence-corrected chi connectivity index (χ0v) is 13.1. The molecule has 0 bridgehead atoms. The SMILES string of the molecule is COC(=O)c1ccc(S(=O)(=O)N2CCCNCC2)cc1C. The second kappa shape index (κ2) is 6.55. The van der Waals surface area contributed by atoms with Crippen molar-refractivity contribution in [3.63, 3.8) is 0 Å². The van der Waals surface area contributed by atoms with Crippen LogP contribution in [0.25, 0.3) is 0 Å². The molecule has 1 aliphatic rings. The number of esters is 1. The van der Waals surface area contributed by atoms with Gasteiger partial charge in [0.1, 0.15) is 0 Å². The van der Waals surface area contributed by atoms with Gasteiger partial charge in [-0.2, -0.15) is 4.31 Å². The van der Waals surface area contributed by atoms with Gasteiger partial charge < -0.3 is 10.1 Å². The molecule has 0 atom stereocenters. The number of methoxy groups -OCH3 is 1. The summed E-state index contributed by atoms with van der Waals surface area (Å²) in [4.78, 5) is 11.8. The minimum absolute atomic E-state index is 0.217. The van der Waals surface area contributed by atoms with Crippen LogP contribution in [0, 0.1) is 6.92 Å². The third-order valence-electron chi connectivity index (χ3n) is 3.54. The van der Waals surface area contributed by atoms with Gasteiger partial charge in [0.15, 0.2) is 0 Å². The van der Waals surface area contributed by atoms with Crippen molar-refractivity contribution in [3.05, 3.63) is 29.3 Å². The van der Waals surface area contributed by atoms with Crippen LogP contribution in [0.1, 0.15) is 22.3 Å². The van der Waals surface area contributed by atoms with Crippen LogP contribution in [-0.2, 0) is 14.8 Å². The number of aryl methyl sites for hydroxylation is 1. The molecular weight excluding hydrogens is 292 g/mol. The molecule has 0 amide bonds. The lowest BCUT2D eigenvalue weighted by Gasteiger charge is -2.20. The summed E-state index contributed by atoms with van der Waals surface area (Å²) >= 11 is 0. The van der Waals surface area contributed by atoms with Crippen LogP contribution in [-0.4, -0.2) is 52.0 Å². The second-order valence-corrected chi connectivity index (χ2v) is 6.91. The third kappa shape index (κ3) is 3.42. The summed E-state index contributed by atoms with van der Waals surface area (Å²) in [5.41, 5.74) is 0.977. The van der Waals surface area contributed by atoms with E-state index in [1.165, 1.54) is 29.6 Å². The summed E-state index contributed by atoms with van der Waals surface area (Å²) in [5.74, 6) is -0.463. The molecule has 116 valence electrons. The zero-order valence-electron chi connectivity index (χ0n) is 12.3. The monoisotopic (exact) mass is 312 g/mol. The van der Waals surface area contributed by atoms with Crippen molar-refractivity contribution in [2.75, 3.05) is 33.3 Å². The van der Waals surface area contributed by atoms with Gasteiger partial charge in [-0.25, -0.2) is 13.2 Å². The Kier molecular flexibility index (Phi) is 4.97. The number of hydrogen-bond donors (Lipinski definition) is 1. The largest absolute Gasteiger partial charge is 0.465 e. The molecule has 0 radical (unpaired) electrons. The van der Waals surface area contributed by atoms with Gasteiger partial charge in [0, 0.05) is 19.6 Å². The van der Waals surface area contributed by atoms with Gasteiger partial charge in [0.05, 0.1) is 17.6 Å². The summed E-state index contributed by atoms with van der Waals surface area (Å²) < 4.78 is 31.4. The van der Waals surface area contributed by atoms with Crippen LogP contribution < -0.4 is 5.32 Å². The molecule has 0 spiro atoms. The fourth-order valence-electron chi connectivity index (χ4n) is 2.35. The molecule has 21 heavy (non-hydrogen) atoms. The quantitative estimate of drug-likeness (QED) is 0.834. The Labute approximate surface area is 125 Å². The fourth-order valence-corrected chi connectivity index (χ4v) is 3.91. The minimum atomic E-state index is -3.52. The maximum absolute atomic E-state index is 12.6. The van der Waals surface area contributed by atoms with E-state index in [-0.39, 0.29) is 4.90 Å². The van der Waals surface area contributed by atoms with E-state index in [0.717, 1.165) is 13.0 Å². The number of ether oxygens (including phenoxy) is 1. The first-order valence-corrected chi connectivity index (χ1v) is 8.30. The summed E-state index contributed by atoms with van der Waals surface area (Å²) in [7, 11) is -2.21. The molecule has 1 aromatic carbocycles. The number of nitrogens with zero attached hydrogens (tertiary/aromatic N) is 1. The Morgan fingerprint density at radius 3 is 2.71 bits per heavy atom. The van der Waals surface area contributed by atoms with Gasteiger partial charge in [-0.05, 0) is 43.7 Å². The molecule has 1 fully saturated rings. The predicted octanol–water partition coefficient (Wildman–Crippen LogP) is 0.766. The van der Waals surface area contributed by atoms with Crippen LogP contribution in [0.2, 0.25) is 0 Å².